The summed E-state index contributed by atoms with van der Waals surface area (Å²) in [4.78, 5) is 0.314. The van der Waals surface area contributed by atoms with Crippen molar-refractivity contribution in [3.63, 3.8) is 0 Å². The van der Waals surface area contributed by atoms with Gasteiger partial charge in [0.15, 0.2) is 0 Å². The highest BCUT2D eigenvalue weighted by Crippen LogP contribution is 2.36. The highest BCUT2D eigenvalue weighted by atomic mass is 35.5. The highest BCUT2D eigenvalue weighted by molar-refractivity contribution is 7.89. The maximum absolute atomic E-state index is 12.9. The fourth-order valence-electron chi connectivity index (χ4n) is 2.46. The van der Waals surface area contributed by atoms with E-state index in [1.807, 2.05) is 0 Å². The van der Waals surface area contributed by atoms with E-state index in [-0.39, 0.29) is 6.54 Å². The van der Waals surface area contributed by atoms with Gasteiger partial charge < -0.3 is 5.73 Å². The molecule has 0 unspecified atom stereocenters. The lowest BCUT2D eigenvalue weighted by Crippen LogP contribution is -2.34. The van der Waals surface area contributed by atoms with Crippen molar-refractivity contribution >= 4 is 21.6 Å². The lowest BCUT2D eigenvalue weighted by atomic mass is 10.2. The third-order valence-corrected chi connectivity index (χ3v) is 6.39. The summed E-state index contributed by atoms with van der Waals surface area (Å²) in [6, 6.07) is 4.83. The molecule has 2 aliphatic rings. The summed E-state index contributed by atoms with van der Waals surface area (Å²) in [5.74, 6) is 1.08. The Morgan fingerprint density at radius 2 is 1.71 bits per heavy atom. The molecule has 0 atom stereocenters. The number of benzene rings is 1. The molecule has 2 N–H and O–H groups in total. The third kappa shape index (κ3) is 3.59. The number of hydrogen-bond acceptors (Lipinski definition) is 3. The lowest BCUT2D eigenvalue weighted by molar-refractivity contribution is 0.382. The molecule has 0 radical (unpaired) electrons. The zero-order valence-electron chi connectivity index (χ0n) is 12.0. The van der Waals surface area contributed by atoms with E-state index >= 15 is 0 Å². The molecular formula is C15H21ClN2O2S. The molecule has 1 aromatic rings. The van der Waals surface area contributed by atoms with Crippen molar-refractivity contribution in [2.24, 2.45) is 17.6 Å². The van der Waals surface area contributed by atoms with Crippen molar-refractivity contribution in [2.75, 3.05) is 13.1 Å². The first kappa shape index (κ1) is 15.3. The van der Waals surface area contributed by atoms with Crippen molar-refractivity contribution < 1.29 is 8.42 Å². The van der Waals surface area contributed by atoms with Gasteiger partial charge in [-0.15, -0.1) is 0 Å². The van der Waals surface area contributed by atoms with Gasteiger partial charge in [0.2, 0.25) is 10.0 Å². The van der Waals surface area contributed by atoms with Crippen molar-refractivity contribution in [3.05, 3.63) is 28.8 Å². The first-order valence-electron chi connectivity index (χ1n) is 7.49. The number of halogens is 1. The van der Waals surface area contributed by atoms with Gasteiger partial charge in [-0.25, -0.2) is 8.42 Å². The standard InChI is InChI=1S/C15H21ClN2O2S/c16-15-6-5-14(7-13(15)8-17)21(19,20)18(9-11-1-2-11)10-12-3-4-12/h5-7,11-12H,1-4,8-10,17H2. The van der Waals surface area contributed by atoms with Crippen LogP contribution in [0.3, 0.4) is 0 Å². The normalized spacial score (nSPS) is 19.2. The average Bonchev–Trinajstić information content (AvgIpc) is 3.33. The maximum atomic E-state index is 12.9. The Morgan fingerprint density at radius 3 is 2.19 bits per heavy atom. The second kappa shape index (κ2) is 5.88. The Labute approximate surface area is 131 Å². The number of nitrogens with zero attached hydrogens (tertiary/aromatic N) is 1. The van der Waals surface area contributed by atoms with Crippen LogP contribution in [0.15, 0.2) is 23.1 Å². The molecule has 0 aliphatic heterocycles. The number of hydrogen-bond donors (Lipinski definition) is 1. The molecule has 0 bridgehead atoms. The Kier molecular flexibility index (Phi) is 4.28. The minimum Gasteiger partial charge on any atom is -0.326 e. The van der Waals surface area contributed by atoms with Gasteiger partial charge in [-0.05, 0) is 61.3 Å². The number of rotatable bonds is 7. The summed E-state index contributed by atoms with van der Waals surface area (Å²) in [5, 5.41) is 0.521. The molecule has 6 heteroatoms. The van der Waals surface area contributed by atoms with Crippen LogP contribution >= 0.6 is 11.6 Å². The van der Waals surface area contributed by atoms with E-state index in [1.165, 1.54) is 0 Å². The SMILES string of the molecule is NCc1cc(S(=O)(=O)N(CC2CC2)CC2CC2)ccc1Cl. The fraction of sp³-hybridized carbons (Fsp3) is 0.600. The van der Waals surface area contributed by atoms with Crippen LogP contribution < -0.4 is 5.73 Å². The molecule has 1 aromatic carbocycles. The molecular weight excluding hydrogens is 308 g/mol. The summed E-state index contributed by atoms with van der Waals surface area (Å²) in [6.07, 6.45) is 4.58. The molecule has 2 fully saturated rings. The van der Waals surface area contributed by atoms with E-state index in [9.17, 15) is 8.42 Å². The molecule has 116 valence electrons. The van der Waals surface area contributed by atoms with Crippen LogP contribution in [0.1, 0.15) is 31.2 Å². The molecule has 0 aromatic heterocycles. The molecule has 0 amide bonds. The Bertz CT molecular complexity index is 611. The van der Waals surface area contributed by atoms with Gasteiger partial charge in [-0.3, -0.25) is 0 Å². The largest absolute Gasteiger partial charge is 0.326 e. The fourth-order valence-corrected chi connectivity index (χ4v) is 4.30. The average molecular weight is 329 g/mol. The van der Waals surface area contributed by atoms with E-state index < -0.39 is 10.0 Å². The van der Waals surface area contributed by atoms with Crippen molar-refractivity contribution in [1.82, 2.24) is 4.31 Å². The van der Waals surface area contributed by atoms with Crippen LogP contribution in [0.4, 0.5) is 0 Å². The Morgan fingerprint density at radius 1 is 1.14 bits per heavy atom. The predicted octanol–water partition coefficient (Wildman–Crippen LogP) is 2.61. The first-order chi connectivity index (χ1) is 10.0. The van der Waals surface area contributed by atoms with Crippen LogP contribution in [0, 0.1) is 11.8 Å². The van der Waals surface area contributed by atoms with E-state index in [4.69, 9.17) is 17.3 Å². The first-order valence-corrected chi connectivity index (χ1v) is 9.31. The molecule has 0 spiro atoms. The van der Waals surface area contributed by atoms with E-state index in [0.29, 0.717) is 40.4 Å². The van der Waals surface area contributed by atoms with Gasteiger partial charge in [-0.2, -0.15) is 4.31 Å². The molecule has 3 rings (SSSR count). The van der Waals surface area contributed by atoms with Crippen molar-refractivity contribution in [3.8, 4) is 0 Å². The predicted molar refractivity (Wildman–Crippen MR) is 83.6 cm³/mol. The summed E-state index contributed by atoms with van der Waals surface area (Å²) in [7, 11) is -3.44. The topological polar surface area (TPSA) is 63.4 Å². The number of sulfonamides is 1. The molecule has 0 saturated heterocycles. The minimum absolute atomic E-state index is 0.243. The van der Waals surface area contributed by atoms with Gasteiger partial charge in [0.25, 0.3) is 0 Å². The molecule has 2 aliphatic carbocycles. The second-order valence-corrected chi connectivity index (χ2v) is 8.51. The maximum Gasteiger partial charge on any atom is 0.243 e. The summed E-state index contributed by atoms with van der Waals surface area (Å²) in [6.45, 7) is 1.55. The second-order valence-electron chi connectivity index (χ2n) is 6.17. The summed E-state index contributed by atoms with van der Waals surface area (Å²) < 4.78 is 27.4. The van der Waals surface area contributed by atoms with Crippen molar-refractivity contribution in [1.29, 1.82) is 0 Å². The smallest absolute Gasteiger partial charge is 0.243 e. The molecule has 2 saturated carbocycles. The number of nitrogens with two attached hydrogens (primary N) is 1. The monoisotopic (exact) mass is 328 g/mol. The van der Waals surface area contributed by atoms with Gasteiger partial charge in [-0.1, -0.05) is 11.6 Å². The van der Waals surface area contributed by atoms with Gasteiger partial charge in [0.05, 0.1) is 4.90 Å². The minimum atomic E-state index is -3.44. The van der Waals surface area contributed by atoms with E-state index in [0.717, 1.165) is 25.7 Å². The zero-order chi connectivity index (χ0) is 15.0. The molecule has 21 heavy (non-hydrogen) atoms. The summed E-state index contributed by atoms with van der Waals surface area (Å²) in [5.41, 5.74) is 6.30. The third-order valence-electron chi connectivity index (χ3n) is 4.19. The zero-order valence-corrected chi connectivity index (χ0v) is 13.5. The summed E-state index contributed by atoms with van der Waals surface area (Å²) >= 11 is 6.03. The van der Waals surface area contributed by atoms with Gasteiger partial charge in [0, 0.05) is 24.7 Å². The van der Waals surface area contributed by atoms with E-state index in [1.54, 1.807) is 22.5 Å². The quantitative estimate of drug-likeness (QED) is 0.836. The molecule has 0 heterocycles. The van der Waals surface area contributed by atoms with E-state index in [2.05, 4.69) is 0 Å². The van der Waals surface area contributed by atoms with Crippen LogP contribution in [0.25, 0.3) is 0 Å². The van der Waals surface area contributed by atoms with Gasteiger partial charge >= 0.3 is 0 Å². The molecule has 4 nitrogen and oxygen atoms in total. The van der Waals surface area contributed by atoms with Crippen LogP contribution in [-0.2, 0) is 16.6 Å². The Hall–Kier alpha value is -0.620. The van der Waals surface area contributed by atoms with Crippen LogP contribution in [-0.4, -0.2) is 25.8 Å². The van der Waals surface area contributed by atoms with Crippen molar-refractivity contribution in [2.45, 2.75) is 37.1 Å². The van der Waals surface area contributed by atoms with Crippen LogP contribution in [0.2, 0.25) is 5.02 Å². The Balaban J connectivity index is 1.87. The van der Waals surface area contributed by atoms with Gasteiger partial charge in [0.1, 0.15) is 0 Å². The lowest BCUT2D eigenvalue weighted by Gasteiger charge is -2.22. The highest BCUT2D eigenvalue weighted by Gasteiger charge is 2.35. The van der Waals surface area contributed by atoms with Crippen LogP contribution in [0.5, 0.6) is 0 Å².